The van der Waals surface area contributed by atoms with Crippen LogP contribution in [0.5, 0.6) is 5.75 Å². The molecule has 0 bridgehead atoms. The van der Waals surface area contributed by atoms with Crippen molar-refractivity contribution in [1.29, 1.82) is 0 Å². The lowest BCUT2D eigenvalue weighted by Gasteiger charge is -2.34. The monoisotopic (exact) mass is 423 g/mol. The van der Waals surface area contributed by atoms with E-state index in [1.807, 2.05) is 61.2 Å². The van der Waals surface area contributed by atoms with Crippen LogP contribution in [0.4, 0.5) is 5.69 Å². The average Bonchev–Trinajstić information content (AvgIpc) is 2.76. The molecule has 0 unspecified atom stereocenters. The van der Waals surface area contributed by atoms with E-state index in [2.05, 4.69) is 24.1 Å². The fourth-order valence-corrected chi connectivity index (χ4v) is 3.62. The summed E-state index contributed by atoms with van der Waals surface area (Å²) in [4.78, 5) is 28.8. The Kier molecular flexibility index (Phi) is 7.69. The van der Waals surface area contributed by atoms with E-state index < -0.39 is 0 Å². The number of anilines is 1. The zero-order valence-electron chi connectivity index (χ0n) is 19.0. The van der Waals surface area contributed by atoms with E-state index in [-0.39, 0.29) is 18.4 Å². The number of piperazine rings is 1. The minimum absolute atomic E-state index is 0.0209. The second kappa shape index (κ2) is 10.4. The summed E-state index contributed by atoms with van der Waals surface area (Å²) in [5, 5.41) is 3.00. The predicted octanol–water partition coefficient (Wildman–Crippen LogP) is 3.59. The lowest BCUT2D eigenvalue weighted by atomic mass is 10.0. The Bertz CT molecular complexity index is 901. The number of carbonyl (C=O) groups is 2. The Balaban J connectivity index is 1.41. The summed E-state index contributed by atoms with van der Waals surface area (Å²) in [5.74, 6) is 1.13. The van der Waals surface area contributed by atoms with Crippen LogP contribution in [0.3, 0.4) is 0 Å². The fraction of sp³-hybridized carbons (Fsp3) is 0.440. The van der Waals surface area contributed by atoms with Crippen molar-refractivity contribution in [3.8, 4) is 5.75 Å². The Labute approximate surface area is 185 Å². The summed E-state index contributed by atoms with van der Waals surface area (Å²) in [5.41, 5.74) is 4.35. The molecule has 1 aliphatic rings. The van der Waals surface area contributed by atoms with Crippen LogP contribution in [-0.2, 0) is 9.59 Å². The molecule has 2 aromatic carbocycles. The van der Waals surface area contributed by atoms with Crippen molar-refractivity contribution < 1.29 is 14.3 Å². The highest BCUT2D eigenvalue weighted by atomic mass is 16.5. The summed E-state index contributed by atoms with van der Waals surface area (Å²) in [6.07, 6.45) is 0. The van der Waals surface area contributed by atoms with Gasteiger partial charge in [0.05, 0.1) is 6.54 Å². The first-order valence-corrected chi connectivity index (χ1v) is 10.9. The van der Waals surface area contributed by atoms with Gasteiger partial charge >= 0.3 is 0 Å². The molecule has 6 heteroatoms. The Morgan fingerprint density at radius 1 is 1.00 bits per heavy atom. The van der Waals surface area contributed by atoms with Gasteiger partial charge in [-0.1, -0.05) is 38.1 Å². The third-order valence-corrected chi connectivity index (χ3v) is 5.88. The average molecular weight is 424 g/mol. The molecule has 6 nitrogen and oxygen atoms in total. The van der Waals surface area contributed by atoms with Crippen LogP contribution in [-0.4, -0.2) is 60.9 Å². The fourth-order valence-electron chi connectivity index (χ4n) is 3.62. The molecule has 0 saturated carbocycles. The Morgan fingerprint density at radius 3 is 2.32 bits per heavy atom. The van der Waals surface area contributed by atoms with E-state index in [1.165, 1.54) is 5.56 Å². The van der Waals surface area contributed by atoms with Crippen LogP contribution in [0, 0.1) is 13.8 Å². The topological polar surface area (TPSA) is 61.9 Å². The second-order valence-corrected chi connectivity index (χ2v) is 8.46. The first kappa shape index (κ1) is 22.8. The van der Waals surface area contributed by atoms with Crippen molar-refractivity contribution in [2.45, 2.75) is 33.6 Å². The standard InChI is InChI=1S/C25H33N3O3/c1-18(2)21-8-10-22(11-9-21)31-17-25(30)28-14-12-27(13-15-28)16-24(29)26-23-7-5-6-19(3)20(23)4/h5-11,18H,12-17H2,1-4H3,(H,26,29). The maximum absolute atomic E-state index is 12.5. The normalized spacial score (nSPS) is 14.5. The maximum Gasteiger partial charge on any atom is 0.260 e. The molecule has 0 aromatic heterocycles. The number of hydrogen-bond acceptors (Lipinski definition) is 4. The molecule has 1 saturated heterocycles. The first-order valence-electron chi connectivity index (χ1n) is 10.9. The largest absolute Gasteiger partial charge is 0.484 e. The highest BCUT2D eigenvalue weighted by molar-refractivity contribution is 5.93. The molecule has 2 amide bonds. The number of rotatable bonds is 7. The maximum atomic E-state index is 12.5. The number of amides is 2. The van der Waals surface area contributed by atoms with E-state index in [9.17, 15) is 9.59 Å². The van der Waals surface area contributed by atoms with Gasteiger partial charge in [-0.05, 0) is 54.7 Å². The lowest BCUT2D eigenvalue weighted by molar-refractivity contribution is -0.135. The molecule has 1 heterocycles. The van der Waals surface area contributed by atoms with Gasteiger partial charge in [0, 0.05) is 31.9 Å². The van der Waals surface area contributed by atoms with Crippen molar-refractivity contribution >= 4 is 17.5 Å². The van der Waals surface area contributed by atoms with Gasteiger partial charge in [-0.25, -0.2) is 0 Å². The molecule has 0 radical (unpaired) electrons. The molecule has 1 fully saturated rings. The molecule has 31 heavy (non-hydrogen) atoms. The van der Waals surface area contributed by atoms with Gasteiger partial charge in [0.25, 0.3) is 5.91 Å². The van der Waals surface area contributed by atoms with Crippen molar-refractivity contribution in [1.82, 2.24) is 9.80 Å². The molecule has 1 aliphatic heterocycles. The predicted molar refractivity (Wildman–Crippen MR) is 124 cm³/mol. The molecular weight excluding hydrogens is 390 g/mol. The van der Waals surface area contributed by atoms with Gasteiger partial charge in [0.1, 0.15) is 5.75 Å². The van der Waals surface area contributed by atoms with Crippen molar-refractivity contribution in [3.63, 3.8) is 0 Å². The Morgan fingerprint density at radius 2 is 1.68 bits per heavy atom. The van der Waals surface area contributed by atoms with Gasteiger partial charge in [-0.2, -0.15) is 0 Å². The van der Waals surface area contributed by atoms with Crippen molar-refractivity contribution in [2.75, 3.05) is 44.6 Å². The molecule has 166 valence electrons. The van der Waals surface area contributed by atoms with E-state index >= 15 is 0 Å². The highest BCUT2D eigenvalue weighted by Gasteiger charge is 2.23. The molecule has 0 spiro atoms. The van der Waals surface area contributed by atoms with E-state index in [4.69, 9.17) is 4.74 Å². The van der Waals surface area contributed by atoms with Gasteiger partial charge in [-0.3, -0.25) is 14.5 Å². The van der Waals surface area contributed by atoms with Gasteiger partial charge in [0.15, 0.2) is 6.61 Å². The molecule has 0 aliphatic carbocycles. The second-order valence-electron chi connectivity index (χ2n) is 8.46. The minimum Gasteiger partial charge on any atom is -0.484 e. The van der Waals surface area contributed by atoms with Crippen LogP contribution in [0.25, 0.3) is 0 Å². The van der Waals surface area contributed by atoms with E-state index in [1.54, 1.807) is 0 Å². The number of nitrogens with zero attached hydrogens (tertiary/aromatic N) is 2. The van der Waals surface area contributed by atoms with Crippen LogP contribution < -0.4 is 10.1 Å². The summed E-state index contributed by atoms with van der Waals surface area (Å²) in [6.45, 7) is 11.3. The quantitative estimate of drug-likeness (QED) is 0.739. The highest BCUT2D eigenvalue weighted by Crippen LogP contribution is 2.19. The third kappa shape index (κ3) is 6.31. The molecule has 1 N–H and O–H groups in total. The number of carbonyl (C=O) groups excluding carboxylic acids is 2. The summed E-state index contributed by atoms with van der Waals surface area (Å²) in [7, 11) is 0. The number of ether oxygens (including phenoxy) is 1. The summed E-state index contributed by atoms with van der Waals surface area (Å²) in [6, 6.07) is 13.8. The molecule has 0 atom stereocenters. The number of hydrogen-bond donors (Lipinski definition) is 1. The summed E-state index contributed by atoms with van der Waals surface area (Å²) < 4.78 is 5.67. The zero-order valence-corrected chi connectivity index (χ0v) is 19.0. The zero-order chi connectivity index (χ0) is 22.4. The van der Waals surface area contributed by atoms with Crippen molar-refractivity contribution in [2.24, 2.45) is 0 Å². The third-order valence-electron chi connectivity index (χ3n) is 5.88. The van der Waals surface area contributed by atoms with Gasteiger partial charge in [-0.15, -0.1) is 0 Å². The van der Waals surface area contributed by atoms with Crippen LogP contribution in [0.2, 0.25) is 0 Å². The molecule has 2 aromatic rings. The number of nitrogens with one attached hydrogen (secondary N) is 1. The van der Waals surface area contributed by atoms with E-state index in [0.29, 0.717) is 44.4 Å². The van der Waals surface area contributed by atoms with Crippen molar-refractivity contribution in [3.05, 3.63) is 59.2 Å². The first-order chi connectivity index (χ1) is 14.8. The lowest BCUT2D eigenvalue weighted by Crippen LogP contribution is -2.51. The van der Waals surface area contributed by atoms with Gasteiger partial charge in [0.2, 0.25) is 5.91 Å². The molecular formula is C25H33N3O3. The van der Waals surface area contributed by atoms with Crippen LogP contribution in [0.15, 0.2) is 42.5 Å². The SMILES string of the molecule is Cc1cccc(NC(=O)CN2CCN(C(=O)COc3ccc(C(C)C)cc3)CC2)c1C. The summed E-state index contributed by atoms with van der Waals surface area (Å²) >= 11 is 0. The number of benzene rings is 2. The smallest absolute Gasteiger partial charge is 0.260 e. The molecule has 3 rings (SSSR count). The Hall–Kier alpha value is -2.86. The van der Waals surface area contributed by atoms with Gasteiger partial charge < -0.3 is 15.0 Å². The van der Waals surface area contributed by atoms with Crippen LogP contribution >= 0.6 is 0 Å². The minimum atomic E-state index is -0.0262. The van der Waals surface area contributed by atoms with Crippen LogP contribution in [0.1, 0.15) is 36.5 Å². The van der Waals surface area contributed by atoms with E-state index in [0.717, 1.165) is 16.8 Å². The number of aryl methyl sites for hydroxylation is 1.